The van der Waals surface area contributed by atoms with Crippen LogP contribution in [-0.2, 0) is 0 Å². The minimum Gasteiger partial charge on any atom is -0.309 e. The normalized spacial score (nSPS) is 11.6. The Morgan fingerprint density at radius 3 is 1.62 bits per heavy atom. The predicted octanol–water partition coefficient (Wildman–Crippen LogP) is 14.5. The van der Waals surface area contributed by atoms with E-state index in [1.807, 2.05) is 0 Å². The van der Waals surface area contributed by atoms with Crippen molar-refractivity contribution in [2.24, 2.45) is 0 Å². The topological polar surface area (TPSA) is 9.86 Å². The van der Waals surface area contributed by atoms with Crippen molar-refractivity contribution in [2.75, 3.05) is 0 Å². The largest absolute Gasteiger partial charge is 0.309 e. The molecule has 2 aromatic heterocycles. The molecule has 0 aliphatic rings. The molecule has 0 fully saturated rings. The Bertz CT molecular complexity index is 3220. The first-order chi connectivity index (χ1) is 27.8. The molecule has 0 amide bonds. The van der Waals surface area contributed by atoms with Gasteiger partial charge in [-0.25, -0.2) is 0 Å². The van der Waals surface area contributed by atoms with E-state index in [1.165, 1.54) is 88.1 Å². The molecule has 0 aliphatic heterocycles. The molecule has 0 radical (unpaired) electrons. The van der Waals surface area contributed by atoms with E-state index in [0.29, 0.717) is 0 Å². The molecule has 0 unspecified atom stereocenters. The van der Waals surface area contributed by atoms with Crippen molar-refractivity contribution in [2.45, 2.75) is 0 Å². The lowest BCUT2D eigenvalue weighted by atomic mass is 9.96. The fourth-order valence-corrected chi connectivity index (χ4v) is 8.86. The van der Waals surface area contributed by atoms with Gasteiger partial charge in [-0.15, -0.1) is 0 Å². The Morgan fingerprint density at radius 1 is 0.268 bits per heavy atom. The van der Waals surface area contributed by atoms with E-state index in [0.717, 1.165) is 11.4 Å². The maximum Gasteiger partial charge on any atom is 0.0619 e. The molecule has 2 heteroatoms. The summed E-state index contributed by atoms with van der Waals surface area (Å²) < 4.78 is 4.93. The molecule has 262 valence electrons. The molecule has 2 nitrogen and oxygen atoms in total. The van der Waals surface area contributed by atoms with E-state index in [1.54, 1.807) is 0 Å². The monoisotopic (exact) mass is 712 g/mol. The fourth-order valence-electron chi connectivity index (χ4n) is 8.86. The van der Waals surface area contributed by atoms with Gasteiger partial charge < -0.3 is 9.13 Å². The zero-order valence-corrected chi connectivity index (χ0v) is 30.7. The second kappa shape index (κ2) is 13.2. The second-order valence-electron chi connectivity index (χ2n) is 14.5. The summed E-state index contributed by atoms with van der Waals surface area (Å²) in [5, 5.41) is 4.97. The molecule has 0 spiro atoms. The van der Waals surface area contributed by atoms with Gasteiger partial charge in [-0.3, -0.25) is 0 Å². The SMILES string of the molecule is c1ccc(-c2cccc(-n3c4ccccc4c4cccc(-c5ccc6c(c5)c5c(-c7ccccc7)cccc5n6-c5ccccc5-c5ccccc5)c43)c2)cc1. The molecule has 0 aliphatic carbocycles. The average molecular weight is 713 g/mol. The van der Waals surface area contributed by atoms with Gasteiger partial charge in [-0.05, 0) is 75.8 Å². The first-order valence-electron chi connectivity index (χ1n) is 19.3. The summed E-state index contributed by atoms with van der Waals surface area (Å²) in [6.45, 7) is 0. The van der Waals surface area contributed by atoms with Crippen LogP contribution < -0.4 is 0 Å². The van der Waals surface area contributed by atoms with Gasteiger partial charge >= 0.3 is 0 Å². The van der Waals surface area contributed by atoms with Crippen molar-refractivity contribution in [1.82, 2.24) is 9.13 Å². The van der Waals surface area contributed by atoms with Crippen LogP contribution in [0.3, 0.4) is 0 Å². The van der Waals surface area contributed by atoms with Crippen molar-refractivity contribution in [3.8, 4) is 55.9 Å². The predicted molar refractivity (Wildman–Crippen MR) is 237 cm³/mol. The zero-order chi connectivity index (χ0) is 37.0. The smallest absolute Gasteiger partial charge is 0.0619 e. The third-order valence-electron chi connectivity index (χ3n) is 11.3. The van der Waals surface area contributed by atoms with Crippen LogP contribution in [0.4, 0.5) is 0 Å². The van der Waals surface area contributed by atoms with Crippen LogP contribution in [-0.4, -0.2) is 9.13 Å². The quantitative estimate of drug-likeness (QED) is 0.162. The third kappa shape index (κ3) is 5.11. The highest BCUT2D eigenvalue weighted by molar-refractivity contribution is 6.18. The summed E-state index contributed by atoms with van der Waals surface area (Å²) in [6, 6.07) is 79.4. The molecule has 0 N–H and O–H groups in total. The van der Waals surface area contributed by atoms with Gasteiger partial charge in [-0.2, -0.15) is 0 Å². The number of hydrogen-bond donors (Lipinski definition) is 0. The minimum atomic E-state index is 1.14. The highest BCUT2D eigenvalue weighted by Gasteiger charge is 2.21. The number of nitrogens with zero attached hydrogens (tertiary/aromatic N) is 2. The van der Waals surface area contributed by atoms with Crippen LogP contribution in [0.5, 0.6) is 0 Å². The lowest BCUT2D eigenvalue weighted by molar-refractivity contribution is 1.18. The van der Waals surface area contributed by atoms with E-state index in [4.69, 9.17) is 0 Å². The molecule has 2 heterocycles. The lowest BCUT2D eigenvalue weighted by Gasteiger charge is -2.15. The van der Waals surface area contributed by atoms with Gasteiger partial charge in [0.15, 0.2) is 0 Å². The van der Waals surface area contributed by atoms with Gasteiger partial charge in [-0.1, -0.05) is 176 Å². The van der Waals surface area contributed by atoms with Crippen LogP contribution in [0.1, 0.15) is 0 Å². The van der Waals surface area contributed by atoms with Crippen molar-refractivity contribution in [1.29, 1.82) is 0 Å². The van der Waals surface area contributed by atoms with Gasteiger partial charge in [0.05, 0.1) is 27.8 Å². The Labute approximate surface area is 325 Å². The highest BCUT2D eigenvalue weighted by atomic mass is 15.0. The van der Waals surface area contributed by atoms with Crippen LogP contribution >= 0.6 is 0 Å². The van der Waals surface area contributed by atoms with E-state index in [-0.39, 0.29) is 0 Å². The molecule has 11 aromatic rings. The number of para-hydroxylation sites is 3. The summed E-state index contributed by atoms with van der Waals surface area (Å²) in [7, 11) is 0. The van der Waals surface area contributed by atoms with Gasteiger partial charge in [0, 0.05) is 38.4 Å². The molecular formula is C54H36N2. The van der Waals surface area contributed by atoms with Crippen LogP contribution in [0.25, 0.3) is 99.5 Å². The summed E-state index contributed by atoms with van der Waals surface area (Å²) in [6.07, 6.45) is 0. The van der Waals surface area contributed by atoms with Gasteiger partial charge in [0.1, 0.15) is 0 Å². The lowest BCUT2D eigenvalue weighted by Crippen LogP contribution is -1.97. The van der Waals surface area contributed by atoms with Crippen LogP contribution in [0.2, 0.25) is 0 Å². The Morgan fingerprint density at radius 2 is 0.821 bits per heavy atom. The van der Waals surface area contributed by atoms with E-state index in [2.05, 4.69) is 228 Å². The maximum absolute atomic E-state index is 2.47. The van der Waals surface area contributed by atoms with E-state index >= 15 is 0 Å². The summed E-state index contributed by atoms with van der Waals surface area (Å²) in [5.41, 5.74) is 16.7. The molecule has 0 saturated heterocycles. The fraction of sp³-hybridized carbons (Fsp3) is 0. The minimum absolute atomic E-state index is 1.14. The summed E-state index contributed by atoms with van der Waals surface area (Å²) >= 11 is 0. The van der Waals surface area contributed by atoms with Crippen molar-refractivity contribution in [3.05, 3.63) is 218 Å². The maximum atomic E-state index is 2.47. The Balaban J connectivity index is 1.21. The number of fused-ring (bicyclic) bond motifs is 6. The number of hydrogen-bond acceptors (Lipinski definition) is 0. The highest BCUT2D eigenvalue weighted by Crippen LogP contribution is 2.44. The summed E-state index contributed by atoms with van der Waals surface area (Å²) in [5.74, 6) is 0. The van der Waals surface area contributed by atoms with E-state index < -0.39 is 0 Å². The summed E-state index contributed by atoms with van der Waals surface area (Å²) in [4.78, 5) is 0. The average Bonchev–Trinajstić information content (AvgIpc) is 3.80. The first-order valence-corrected chi connectivity index (χ1v) is 19.3. The number of benzene rings is 9. The molecule has 0 bridgehead atoms. The third-order valence-corrected chi connectivity index (χ3v) is 11.3. The molecule has 9 aromatic carbocycles. The van der Waals surface area contributed by atoms with Crippen LogP contribution in [0.15, 0.2) is 218 Å². The van der Waals surface area contributed by atoms with Crippen molar-refractivity contribution < 1.29 is 0 Å². The van der Waals surface area contributed by atoms with Gasteiger partial charge in [0.25, 0.3) is 0 Å². The zero-order valence-electron chi connectivity index (χ0n) is 30.7. The number of aromatic nitrogens is 2. The molecule has 0 saturated carbocycles. The molecular weight excluding hydrogens is 677 g/mol. The molecule has 11 rings (SSSR count). The standard InChI is InChI=1S/C54H36N2/c1-4-17-37(18-5-1)40-23-14-24-42(35-40)55-50-31-13-11-26-46(50)47-29-15-28-45(54(47)55)41-33-34-51-48(36-41)53-44(39-21-8-3-9-22-39)27-16-32-52(53)56(51)49-30-12-10-25-43(49)38-19-6-2-7-20-38/h1-36H. The second-order valence-corrected chi connectivity index (χ2v) is 14.5. The Hall–Kier alpha value is -7.42. The Kier molecular flexibility index (Phi) is 7.53. The van der Waals surface area contributed by atoms with E-state index in [9.17, 15) is 0 Å². The van der Waals surface area contributed by atoms with Crippen molar-refractivity contribution in [3.63, 3.8) is 0 Å². The van der Waals surface area contributed by atoms with Crippen molar-refractivity contribution >= 4 is 43.6 Å². The van der Waals surface area contributed by atoms with Gasteiger partial charge in [0.2, 0.25) is 0 Å². The first kappa shape index (κ1) is 32.0. The molecule has 0 atom stereocenters. The molecule has 56 heavy (non-hydrogen) atoms. The number of rotatable bonds is 6. The van der Waals surface area contributed by atoms with Crippen LogP contribution in [0, 0.1) is 0 Å².